The van der Waals surface area contributed by atoms with Crippen LogP contribution in [0.4, 0.5) is 4.39 Å². The van der Waals surface area contributed by atoms with Gasteiger partial charge in [0.15, 0.2) is 0 Å². The van der Waals surface area contributed by atoms with E-state index in [1.807, 2.05) is 12.4 Å². The van der Waals surface area contributed by atoms with E-state index in [0.717, 1.165) is 31.8 Å². The maximum absolute atomic E-state index is 12.8. The zero-order valence-corrected chi connectivity index (χ0v) is 17.2. The van der Waals surface area contributed by atoms with Gasteiger partial charge in [0.05, 0.1) is 6.61 Å². The predicted octanol–water partition coefficient (Wildman–Crippen LogP) is 3.36. The van der Waals surface area contributed by atoms with E-state index >= 15 is 0 Å². The lowest BCUT2D eigenvalue weighted by Crippen LogP contribution is -2.34. The highest BCUT2D eigenvalue weighted by molar-refractivity contribution is 5.89. The number of ether oxygens (including phenoxy) is 1. The molecule has 0 amide bonds. The molecular weight excluding hydrogens is 403 g/mol. The molecule has 1 aromatic heterocycles. The Hall–Kier alpha value is -3.10. The first-order valence-electron chi connectivity index (χ1n) is 9.99. The SMILES string of the molecule is Fc1ccc(COCC2CCN(Cc3ccncc3)CC2)cc1.O=C(O)/C=C/C(=O)O. The standard InChI is InChI=1S/C19H23FN2O.C4H4O4/c20-19-3-1-17(2-4-19)14-23-15-18-7-11-22(12-8-18)13-16-5-9-21-10-6-16;5-3(6)1-2-4(7)8/h1-6,9-10,18H,7-8,11-15H2;1-2H,(H,5,6)(H,7,8)/b;2-1+. The van der Waals surface area contributed by atoms with Crippen LogP contribution in [0.15, 0.2) is 60.9 Å². The van der Waals surface area contributed by atoms with Gasteiger partial charge in [-0.3, -0.25) is 9.88 Å². The molecule has 1 saturated heterocycles. The molecule has 0 bridgehead atoms. The van der Waals surface area contributed by atoms with Gasteiger partial charge in [-0.2, -0.15) is 0 Å². The third kappa shape index (κ3) is 10.5. The summed E-state index contributed by atoms with van der Waals surface area (Å²) in [6.07, 6.45) is 7.17. The summed E-state index contributed by atoms with van der Waals surface area (Å²) >= 11 is 0. The van der Waals surface area contributed by atoms with Crippen LogP contribution in [0.1, 0.15) is 24.0 Å². The van der Waals surface area contributed by atoms with Crippen LogP contribution in [0.25, 0.3) is 0 Å². The zero-order valence-electron chi connectivity index (χ0n) is 17.2. The molecule has 2 aromatic rings. The van der Waals surface area contributed by atoms with Gasteiger partial charge in [-0.1, -0.05) is 12.1 Å². The van der Waals surface area contributed by atoms with Crippen molar-refractivity contribution in [2.24, 2.45) is 5.92 Å². The topological polar surface area (TPSA) is 100.0 Å². The summed E-state index contributed by atoms with van der Waals surface area (Å²) in [5.41, 5.74) is 2.35. The average molecular weight is 430 g/mol. The van der Waals surface area contributed by atoms with Gasteiger partial charge in [0.1, 0.15) is 5.82 Å². The van der Waals surface area contributed by atoms with Gasteiger partial charge < -0.3 is 14.9 Å². The van der Waals surface area contributed by atoms with Gasteiger partial charge in [-0.25, -0.2) is 14.0 Å². The Labute approximate surface area is 180 Å². The highest BCUT2D eigenvalue weighted by atomic mass is 19.1. The van der Waals surface area contributed by atoms with Gasteiger partial charge in [0, 0.05) is 37.7 Å². The van der Waals surface area contributed by atoms with Crippen molar-refractivity contribution in [1.82, 2.24) is 9.88 Å². The second-order valence-corrected chi connectivity index (χ2v) is 7.23. The second kappa shape index (κ2) is 13.3. The van der Waals surface area contributed by atoms with Crippen LogP contribution >= 0.6 is 0 Å². The van der Waals surface area contributed by atoms with Gasteiger partial charge in [-0.05, 0) is 67.2 Å². The van der Waals surface area contributed by atoms with Crippen LogP contribution in [-0.2, 0) is 27.5 Å². The van der Waals surface area contributed by atoms with Crippen LogP contribution in [0.3, 0.4) is 0 Å². The summed E-state index contributed by atoms with van der Waals surface area (Å²) in [7, 11) is 0. The molecule has 8 heteroatoms. The van der Waals surface area contributed by atoms with Gasteiger partial charge >= 0.3 is 11.9 Å². The number of hydrogen-bond acceptors (Lipinski definition) is 5. The molecule has 0 radical (unpaired) electrons. The maximum atomic E-state index is 12.8. The quantitative estimate of drug-likeness (QED) is 0.620. The number of hydrogen-bond donors (Lipinski definition) is 2. The number of piperidine rings is 1. The number of benzene rings is 1. The lowest BCUT2D eigenvalue weighted by Gasteiger charge is -2.31. The second-order valence-electron chi connectivity index (χ2n) is 7.23. The fraction of sp³-hybridized carbons (Fsp3) is 0.348. The number of likely N-dealkylation sites (tertiary alicyclic amines) is 1. The lowest BCUT2D eigenvalue weighted by molar-refractivity contribution is -0.134. The number of carbonyl (C=O) groups is 2. The molecule has 1 aliphatic heterocycles. The summed E-state index contributed by atoms with van der Waals surface area (Å²) in [6.45, 7) is 4.60. The van der Waals surface area contributed by atoms with Crippen molar-refractivity contribution >= 4 is 11.9 Å². The van der Waals surface area contributed by atoms with Crippen molar-refractivity contribution in [3.63, 3.8) is 0 Å². The molecule has 0 saturated carbocycles. The number of carboxylic acids is 2. The molecule has 1 fully saturated rings. The smallest absolute Gasteiger partial charge is 0.328 e. The molecule has 7 nitrogen and oxygen atoms in total. The van der Waals surface area contributed by atoms with Crippen molar-refractivity contribution in [2.45, 2.75) is 26.0 Å². The molecule has 2 heterocycles. The maximum Gasteiger partial charge on any atom is 0.328 e. The Morgan fingerprint density at radius 2 is 1.58 bits per heavy atom. The molecule has 1 aliphatic rings. The average Bonchev–Trinajstić information content (AvgIpc) is 2.76. The summed E-state index contributed by atoms with van der Waals surface area (Å²) in [5, 5.41) is 15.6. The van der Waals surface area contributed by atoms with Crippen LogP contribution in [0.2, 0.25) is 0 Å². The van der Waals surface area contributed by atoms with Gasteiger partial charge in [0.2, 0.25) is 0 Å². The molecule has 0 unspecified atom stereocenters. The number of pyridine rings is 1. The Kier molecular flexibility index (Phi) is 10.3. The number of carboxylic acid groups (broad SMARTS) is 2. The first-order valence-corrected chi connectivity index (χ1v) is 9.99. The Bertz CT molecular complexity index is 819. The van der Waals surface area contributed by atoms with E-state index in [9.17, 15) is 14.0 Å². The highest BCUT2D eigenvalue weighted by Crippen LogP contribution is 2.19. The molecule has 3 rings (SSSR count). The van der Waals surface area contributed by atoms with Gasteiger partial charge in [-0.15, -0.1) is 0 Å². The van der Waals surface area contributed by atoms with E-state index in [2.05, 4.69) is 22.0 Å². The predicted molar refractivity (Wildman–Crippen MR) is 113 cm³/mol. The van der Waals surface area contributed by atoms with Crippen LogP contribution in [0, 0.1) is 11.7 Å². The summed E-state index contributed by atoms with van der Waals surface area (Å²) in [6, 6.07) is 10.7. The van der Waals surface area contributed by atoms with E-state index < -0.39 is 11.9 Å². The fourth-order valence-corrected chi connectivity index (χ4v) is 3.12. The van der Waals surface area contributed by atoms with Crippen molar-refractivity contribution in [3.8, 4) is 0 Å². The lowest BCUT2D eigenvalue weighted by atomic mass is 9.97. The van der Waals surface area contributed by atoms with Crippen molar-refractivity contribution in [3.05, 3.63) is 77.9 Å². The van der Waals surface area contributed by atoms with E-state index in [0.29, 0.717) is 24.7 Å². The first-order chi connectivity index (χ1) is 14.9. The fourth-order valence-electron chi connectivity index (χ4n) is 3.12. The zero-order chi connectivity index (χ0) is 22.5. The first kappa shape index (κ1) is 24.2. The molecule has 0 atom stereocenters. The molecule has 0 spiro atoms. The number of halogens is 1. The van der Waals surface area contributed by atoms with Gasteiger partial charge in [0.25, 0.3) is 0 Å². The third-order valence-electron chi connectivity index (χ3n) is 4.77. The molecule has 166 valence electrons. The minimum absolute atomic E-state index is 0.199. The number of aliphatic carboxylic acids is 2. The number of rotatable bonds is 8. The highest BCUT2D eigenvalue weighted by Gasteiger charge is 2.19. The van der Waals surface area contributed by atoms with E-state index in [-0.39, 0.29) is 5.82 Å². The normalized spacial score (nSPS) is 14.7. The Morgan fingerprint density at radius 1 is 1.00 bits per heavy atom. The van der Waals surface area contributed by atoms with Crippen LogP contribution in [-0.4, -0.2) is 51.7 Å². The Morgan fingerprint density at radius 3 is 2.13 bits per heavy atom. The van der Waals surface area contributed by atoms with Crippen molar-refractivity contribution < 1.29 is 28.9 Å². The van der Waals surface area contributed by atoms with E-state index in [1.54, 1.807) is 12.1 Å². The minimum atomic E-state index is -1.26. The van der Waals surface area contributed by atoms with Crippen LogP contribution in [0.5, 0.6) is 0 Å². The summed E-state index contributed by atoms with van der Waals surface area (Å²) in [5.74, 6) is -2.08. The summed E-state index contributed by atoms with van der Waals surface area (Å²) < 4.78 is 18.6. The third-order valence-corrected chi connectivity index (χ3v) is 4.77. The number of aromatic nitrogens is 1. The summed E-state index contributed by atoms with van der Waals surface area (Å²) in [4.78, 5) is 25.7. The molecule has 2 N–H and O–H groups in total. The molecular formula is C23H27FN2O5. The van der Waals surface area contributed by atoms with Crippen molar-refractivity contribution in [1.29, 1.82) is 0 Å². The Balaban J connectivity index is 0.000000366. The molecule has 0 aliphatic carbocycles. The van der Waals surface area contributed by atoms with Crippen LogP contribution < -0.4 is 0 Å². The number of nitrogens with zero attached hydrogens (tertiary/aromatic N) is 2. The van der Waals surface area contributed by atoms with Crippen molar-refractivity contribution in [2.75, 3.05) is 19.7 Å². The monoisotopic (exact) mass is 430 g/mol. The van der Waals surface area contributed by atoms with E-state index in [1.165, 1.54) is 30.5 Å². The largest absolute Gasteiger partial charge is 0.478 e. The molecule has 31 heavy (non-hydrogen) atoms. The van der Waals surface area contributed by atoms with E-state index in [4.69, 9.17) is 14.9 Å². The molecule has 1 aromatic carbocycles. The minimum Gasteiger partial charge on any atom is -0.478 e.